The van der Waals surface area contributed by atoms with Gasteiger partial charge >= 0.3 is 0 Å². The van der Waals surface area contributed by atoms with Gasteiger partial charge in [-0.2, -0.15) is 0 Å². The second-order valence-electron chi connectivity index (χ2n) is 6.44. The zero-order valence-corrected chi connectivity index (χ0v) is 16.0. The molecule has 2 aromatic carbocycles. The van der Waals surface area contributed by atoms with Gasteiger partial charge < -0.3 is 4.74 Å². The minimum atomic E-state index is 0.357. The molecule has 2 aromatic rings. The van der Waals surface area contributed by atoms with Gasteiger partial charge in [-0.25, -0.2) is 0 Å². The molecule has 0 fully saturated rings. The first kappa shape index (κ1) is 19.2. The maximum atomic E-state index is 5.19. The van der Waals surface area contributed by atoms with Gasteiger partial charge in [0.2, 0.25) is 0 Å². The molecule has 1 heteroatoms. The smallest absolute Gasteiger partial charge is 0.0646 e. The highest BCUT2D eigenvalue weighted by atomic mass is 16.5. The van der Waals surface area contributed by atoms with Gasteiger partial charge in [0, 0.05) is 13.0 Å². The average molecular weight is 335 g/mol. The Morgan fingerprint density at radius 3 is 2.60 bits per heavy atom. The van der Waals surface area contributed by atoms with Crippen LogP contribution in [0.25, 0.3) is 0 Å². The Balaban J connectivity index is 2.43. The second kappa shape index (κ2) is 10.0. The van der Waals surface area contributed by atoms with Gasteiger partial charge in [0.1, 0.15) is 0 Å². The van der Waals surface area contributed by atoms with Crippen LogP contribution in [0.5, 0.6) is 0 Å². The summed E-state index contributed by atoms with van der Waals surface area (Å²) in [5, 5.41) is 0. The van der Waals surface area contributed by atoms with Gasteiger partial charge in [-0.3, -0.25) is 0 Å². The summed E-state index contributed by atoms with van der Waals surface area (Å²) < 4.78 is 5.19. The van der Waals surface area contributed by atoms with E-state index in [1.54, 1.807) is 7.11 Å². The third-order valence-electron chi connectivity index (χ3n) is 4.64. The molecule has 0 N–H and O–H groups in total. The molecular weight excluding hydrogens is 304 g/mol. The SMILES string of the molecule is C/C=C(\C=C/COC)C(Cc1cccc(C)c1)c1ccccc1CC. The van der Waals surface area contributed by atoms with E-state index in [-0.39, 0.29) is 0 Å². The van der Waals surface area contributed by atoms with E-state index >= 15 is 0 Å². The molecule has 1 atom stereocenters. The van der Waals surface area contributed by atoms with E-state index in [4.69, 9.17) is 4.74 Å². The number of rotatable bonds is 8. The number of hydrogen-bond donors (Lipinski definition) is 0. The molecule has 0 aliphatic carbocycles. The van der Waals surface area contributed by atoms with Crippen molar-refractivity contribution in [3.63, 3.8) is 0 Å². The van der Waals surface area contributed by atoms with Crippen molar-refractivity contribution < 1.29 is 4.74 Å². The van der Waals surface area contributed by atoms with Crippen molar-refractivity contribution in [1.29, 1.82) is 0 Å². The van der Waals surface area contributed by atoms with Crippen LogP contribution in [0.3, 0.4) is 0 Å². The lowest BCUT2D eigenvalue weighted by Gasteiger charge is -2.22. The Morgan fingerprint density at radius 2 is 1.92 bits per heavy atom. The molecule has 132 valence electrons. The first-order valence-electron chi connectivity index (χ1n) is 9.14. The number of aryl methyl sites for hydroxylation is 2. The number of ether oxygens (including phenoxy) is 1. The van der Waals surface area contributed by atoms with Gasteiger partial charge in [-0.1, -0.05) is 79.2 Å². The monoisotopic (exact) mass is 334 g/mol. The third-order valence-corrected chi connectivity index (χ3v) is 4.64. The van der Waals surface area contributed by atoms with Crippen LogP contribution in [0.15, 0.2) is 72.3 Å². The first-order valence-corrected chi connectivity index (χ1v) is 9.14. The molecule has 0 radical (unpaired) electrons. The standard InChI is InChI=1S/C24H30O/c1-5-21-13-7-8-15-23(21)24(22(6-2)14-10-16-25-4)18-20-12-9-11-19(3)17-20/h6-15,17,24H,5,16,18H2,1-4H3/b14-10-,22-6+. The maximum Gasteiger partial charge on any atom is 0.0646 e. The Labute approximate surface area is 153 Å². The fraction of sp³-hybridized carbons (Fsp3) is 0.333. The first-order chi connectivity index (χ1) is 12.2. The number of allylic oxidation sites excluding steroid dienone is 3. The molecule has 0 spiro atoms. The van der Waals surface area contributed by atoms with Crippen LogP contribution >= 0.6 is 0 Å². The summed E-state index contributed by atoms with van der Waals surface area (Å²) in [6, 6.07) is 17.7. The number of hydrogen-bond acceptors (Lipinski definition) is 1. The average Bonchev–Trinajstić information content (AvgIpc) is 2.64. The Kier molecular flexibility index (Phi) is 7.69. The van der Waals surface area contributed by atoms with Gasteiger partial charge in [-0.15, -0.1) is 0 Å². The van der Waals surface area contributed by atoms with E-state index in [9.17, 15) is 0 Å². The minimum Gasteiger partial charge on any atom is -0.381 e. The van der Waals surface area contributed by atoms with Crippen molar-refractivity contribution in [2.45, 2.75) is 39.5 Å². The van der Waals surface area contributed by atoms with Gasteiger partial charge in [0.25, 0.3) is 0 Å². The molecule has 2 rings (SSSR count). The van der Waals surface area contributed by atoms with E-state index in [0.29, 0.717) is 12.5 Å². The summed E-state index contributed by atoms with van der Waals surface area (Å²) in [7, 11) is 1.73. The zero-order chi connectivity index (χ0) is 18.1. The fourth-order valence-corrected chi connectivity index (χ4v) is 3.37. The predicted octanol–water partition coefficient (Wildman–Crippen LogP) is 6.03. The van der Waals surface area contributed by atoms with Crippen LogP contribution in [0.2, 0.25) is 0 Å². The highest BCUT2D eigenvalue weighted by Gasteiger charge is 2.18. The van der Waals surface area contributed by atoms with E-state index in [1.807, 2.05) is 0 Å². The van der Waals surface area contributed by atoms with Crippen LogP contribution in [-0.4, -0.2) is 13.7 Å². The van der Waals surface area contributed by atoms with Crippen LogP contribution in [0, 0.1) is 6.92 Å². The third kappa shape index (κ3) is 5.44. The molecule has 0 aliphatic heterocycles. The summed E-state index contributed by atoms with van der Waals surface area (Å²) in [6.45, 7) is 7.17. The van der Waals surface area contributed by atoms with Crippen molar-refractivity contribution in [3.8, 4) is 0 Å². The van der Waals surface area contributed by atoms with Crippen molar-refractivity contribution in [2.75, 3.05) is 13.7 Å². The molecule has 0 bridgehead atoms. The van der Waals surface area contributed by atoms with Crippen LogP contribution in [-0.2, 0) is 17.6 Å². The zero-order valence-electron chi connectivity index (χ0n) is 16.0. The van der Waals surface area contributed by atoms with Crippen LogP contribution in [0.4, 0.5) is 0 Å². The molecule has 0 saturated heterocycles. The van der Waals surface area contributed by atoms with E-state index in [2.05, 4.69) is 87.5 Å². The van der Waals surface area contributed by atoms with Crippen molar-refractivity contribution in [2.24, 2.45) is 0 Å². The number of benzene rings is 2. The molecule has 0 aromatic heterocycles. The van der Waals surface area contributed by atoms with E-state index in [1.165, 1.54) is 27.8 Å². The molecule has 0 saturated carbocycles. The number of methoxy groups -OCH3 is 1. The molecule has 0 aliphatic rings. The largest absolute Gasteiger partial charge is 0.381 e. The molecule has 1 unspecified atom stereocenters. The molecule has 0 heterocycles. The summed E-state index contributed by atoms with van der Waals surface area (Å²) in [5.74, 6) is 0.357. The van der Waals surface area contributed by atoms with Gasteiger partial charge in [0.15, 0.2) is 0 Å². The minimum absolute atomic E-state index is 0.357. The highest BCUT2D eigenvalue weighted by molar-refractivity contribution is 5.42. The lowest BCUT2D eigenvalue weighted by Crippen LogP contribution is -2.08. The lowest BCUT2D eigenvalue weighted by molar-refractivity contribution is 0.234. The van der Waals surface area contributed by atoms with Gasteiger partial charge in [0.05, 0.1) is 6.61 Å². The Morgan fingerprint density at radius 1 is 1.12 bits per heavy atom. The summed E-state index contributed by atoms with van der Waals surface area (Å²) in [5.41, 5.74) is 6.91. The van der Waals surface area contributed by atoms with Crippen LogP contribution < -0.4 is 0 Å². The van der Waals surface area contributed by atoms with Crippen molar-refractivity contribution >= 4 is 0 Å². The summed E-state index contributed by atoms with van der Waals surface area (Å²) in [6.07, 6.45) is 8.62. The molecular formula is C24H30O. The van der Waals surface area contributed by atoms with Crippen molar-refractivity contribution in [3.05, 3.63) is 94.6 Å². The van der Waals surface area contributed by atoms with Crippen LogP contribution in [0.1, 0.15) is 42.0 Å². The lowest BCUT2D eigenvalue weighted by atomic mass is 9.82. The maximum absolute atomic E-state index is 5.19. The molecule has 25 heavy (non-hydrogen) atoms. The molecule has 0 amide bonds. The predicted molar refractivity (Wildman–Crippen MR) is 108 cm³/mol. The van der Waals surface area contributed by atoms with E-state index < -0.39 is 0 Å². The summed E-state index contributed by atoms with van der Waals surface area (Å²) in [4.78, 5) is 0. The topological polar surface area (TPSA) is 9.23 Å². The Bertz CT molecular complexity index is 724. The molecule has 1 nitrogen and oxygen atoms in total. The fourth-order valence-electron chi connectivity index (χ4n) is 3.37. The second-order valence-corrected chi connectivity index (χ2v) is 6.44. The van der Waals surface area contributed by atoms with E-state index in [0.717, 1.165) is 12.8 Å². The van der Waals surface area contributed by atoms with Crippen molar-refractivity contribution in [1.82, 2.24) is 0 Å². The quantitative estimate of drug-likeness (QED) is 0.535. The summed E-state index contributed by atoms with van der Waals surface area (Å²) >= 11 is 0. The Hall–Kier alpha value is -2.12. The van der Waals surface area contributed by atoms with Gasteiger partial charge in [-0.05, 0) is 49.0 Å². The highest BCUT2D eigenvalue weighted by Crippen LogP contribution is 2.32. The normalized spacial score (nSPS) is 13.4.